The molecule has 0 saturated carbocycles. The third-order valence-electron chi connectivity index (χ3n) is 3.37. The second-order valence-electron chi connectivity index (χ2n) is 5.13. The second kappa shape index (κ2) is 8.04. The first-order valence-corrected chi connectivity index (χ1v) is 8.81. The van der Waals surface area contributed by atoms with E-state index in [4.69, 9.17) is 11.6 Å². The van der Waals surface area contributed by atoms with Gasteiger partial charge in [0.05, 0.1) is 12.3 Å². The van der Waals surface area contributed by atoms with Crippen molar-refractivity contribution >= 4 is 35.0 Å². The van der Waals surface area contributed by atoms with E-state index in [1.807, 2.05) is 65.4 Å². The molecule has 0 unspecified atom stereocenters. The van der Waals surface area contributed by atoms with Crippen molar-refractivity contribution in [2.75, 3.05) is 11.1 Å². The highest BCUT2D eigenvalue weighted by molar-refractivity contribution is 7.99. The number of hydrogen-bond donors (Lipinski definition) is 1. The van der Waals surface area contributed by atoms with Crippen LogP contribution in [0.25, 0.3) is 0 Å². The molecule has 2 aromatic carbocycles. The summed E-state index contributed by atoms with van der Waals surface area (Å²) in [6.07, 6.45) is 3.62. The van der Waals surface area contributed by atoms with Gasteiger partial charge in [0.2, 0.25) is 5.91 Å². The van der Waals surface area contributed by atoms with E-state index < -0.39 is 0 Å². The summed E-state index contributed by atoms with van der Waals surface area (Å²) in [7, 11) is 0. The van der Waals surface area contributed by atoms with Crippen LogP contribution in [0.15, 0.2) is 72.1 Å². The van der Waals surface area contributed by atoms with E-state index in [2.05, 4.69) is 10.3 Å². The Morgan fingerprint density at radius 1 is 1.12 bits per heavy atom. The van der Waals surface area contributed by atoms with Crippen LogP contribution >= 0.6 is 23.4 Å². The van der Waals surface area contributed by atoms with Gasteiger partial charge in [0.1, 0.15) is 0 Å². The zero-order chi connectivity index (χ0) is 16.8. The number of halogens is 1. The van der Waals surface area contributed by atoms with Crippen molar-refractivity contribution in [1.29, 1.82) is 0 Å². The molecule has 1 aromatic heterocycles. The summed E-state index contributed by atoms with van der Waals surface area (Å²) in [5.41, 5.74) is 1.82. The summed E-state index contributed by atoms with van der Waals surface area (Å²) in [5.74, 6) is 0.243. The summed E-state index contributed by atoms with van der Waals surface area (Å²) >= 11 is 7.61. The average molecular weight is 358 g/mol. The molecule has 0 aliphatic heterocycles. The summed E-state index contributed by atoms with van der Waals surface area (Å²) in [6, 6.07) is 17.1. The van der Waals surface area contributed by atoms with Crippen LogP contribution in [-0.2, 0) is 11.3 Å². The third-order valence-corrected chi connectivity index (χ3v) is 4.74. The number of imidazole rings is 1. The Balaban J connectivity index is 1.60. The van der Waals surface area contributed by atoms with Crippen molar-refractivity contribution in [3.05, 3.63) is 77.6 Å². The average Bonchev–Trinajstić information content (AvgIpc) is 3.03. The van der Waals surface area contributed by atoms with Crippen molar-refractivity contribution in [1.82, 2.24) is 9.55 Å². The van der Waals surface area contributed by atoms with Gasteiger partial charge in [-0.25, -0.2) is 4.98 Å². The molecule has 6 heteroatoms. The van der Waals surface area contributed by atoms with Gasteiger partial charge >= 0.3 is 0 Å². The van der Waals surface area contributed by atoms with Gasteiger partial charge in [-0.3, -0.25) is 4.79 Å². The second-order valence-corrected chi connectivity index (χ2v) is 6.48. The number of amides is 1. The van der Waals surface area contributed by atoms with E-state index in [0.717, 1.165) is 21.4 Å². The lowest BCUT2D eigenvalue weighted by molar-refractivity contribution is -0.113. The molecule has 24 heavy (non-hydrogen) atoms. The van der Waals surface area contributed by atoms with Crippen LogP contribution in [0.5, 0.6) is 0 Å². The molecule has 1 amide bonds. The smallest absolute Gasteiger partial charge is 0.234 e. The minimum absolute atomic E-state index is 0.0570. The number of carbonyl (C=O) groups is 1. The van der Waals surface area contributed by atoms with Gasteiger partial charge < -0.3 is 9.88 Å². The Bertz CT molecular complexity index is 820. The van der Waals surface area contributed by atoms with Crippen molar-refractivity contribution in [3.8, 4) is 0 Å². The SMILES string of the molecule is O=C(CSc1nccn1Cc1ccccc1Cl)Nc1ccccc1. The lowest BCUT2D eigenvalue weighted by Crippen LogP contribution is -2.14. The first-order valence-electron chi connectivity index (χ1n) is 7.44. The summed E-state index contributed by atoms with van der Waals surface area (Å²) < 4.78 is 1.99. The number of para-hydroxylation sites is 1. The molecule has 1 heterocycles. The number of nitrogens with zero attached hydrogens (tertiary/aromatic N) is 2. The number of rotatable bonds is 6. The molecular weight excluding hydrogens is 342 g/mol. The third kappa shape index (κ3) is 4.40. The molecule has 1 N–H and O–H groups in total. The molecule has 0 radical (unpaired) electrons. The maximum Gasteiger partial charge on any atom is 0.234 e. The van der Waals surface area contributed by atoms with Gasteiger partial charge in [0.15, 0.2) is 5.16 Å². The minimum atomic E-state index is -0.0570. The van der Waals surface area contributed by atoms with Crippen LogP contribution in [-0.4, -0.2) is 21.2 Å². The first-order chi connectivity index (χ1) is 11.7. The highest BCUT2D eigenvalue weighted by Crippen LogP contribution is 2.21. The molecule has 4 nitrogen and oxygen atoms in total. The highest BCUT2D eigenvalue weighted by atomic mass is 35.5. The fraction of sp³-hybridized carbons (Fsp3) is 0.111. The van der Waals surface area contributed by atoms with E-state index >= 15 is 0 Å². The normalized spacial score (nSPS) is 10.5. The van der Waals surface area contributed by atoms with E-state index in [1.165, 1.54) is 11.8 Å². The Morgan fingerprint density at radius 3 is 2.67 bits per heavy atom. The van der Waals surface area contributed by atoms with Crippen molar-refractivity contribution in [3.63, 3.8) is 0 Å². The topological polar surface area (TPSA) is 46.9 Å². The molecule has 3 rings (SSSR count). The van der Waals surface area contributed by atoms with Crippen molar-refractivity contribution in [2.24, 2.45) is 0 Å². The van der Waals surface area contributed by atoms with Crippen molar-refractivity contribution < 1.29 is 4.79 Å². The highest BCUT2D eigenvalue weighted by Gasteiger charge is 2.09. The molecule has 0 aliphatic rings. The fourth-order valence-electron chi connectivity index (χ4n) is 2.21. The van der Waals surface area contributed by atoms with Gasteiger partial charge in [0, 0.05) is 23.1 Å². The number of hydrogen-bond acceptors (Lipinski definition) is 3. The summed E-state index contributed by atoms with van der Waals surface area (Å²) in [6.45, 7) is 0.627. The van der Waals surface area contributed by atoms with Crippen LogP contribution in [0.2, 0.25) is 5.02 Å². The molecule has 3 aromatic rings. The largest absolute Gasteiger partial charge is 0.325 e. The molecule has 0 aliphatic carbocycles. The van der Waals surface area contributed by atoms with Gasteiger partial charge in [-0.1, -0.05) is 59.8 Å². The fourth-order valence-corrected chi connectivity index (χ4v) is 3.17. The van der Waals surface area contributed by atoms with Gasteiger partial charge in [0.25, 0.3) is 0 Å². The quantitative estimate of drug-likeness (QED) is 0.668. The zero-order valence-electron chi connectivity index (χ0n) is 12.9. The predicted octanol–water partition coefficient (Wildman–Crippen LogP) is 4.32. The van der Waals surface area contributed by atoms with Crippen LogP contribution in [0.4, 0.5) is 5.69 Å². The van der Waals surface area contributed by atoms with Crippen LogP contribution in [0.1, 0.15) is 5.56 Å². The maximum atomic E-state index is 12.0. The molecule has 0 bridgehead atoms. The number of nitrogens with one attached hydrogen (secondary N) is 1. The van der Waals surface area contributed by atoms with Gasteiger partial charge in [-0.15, -0.1) is 0 Å². The van der Waals surface area contributed by atoms with Crippen LogP contribution < -0.4 is 5.32 Å². The molecule has 122 valence electrons. The standard InChI is InChI=1S/C18H16ClN3OS/c19-16-9-5-4-6-14(16)12-22-11-10-20-18(22)24-13-17(23)21-15-7-2-1-3-8-15/h1-11H,12-13H2,(H,21,23). The molecule has 0 spiro atoms. The summed E-state index contributed by atoms with van der Waals surface area (Å²) in [5, 5.41) is 4.38. The Kier molecular flexibility index (Phi) is 5.56. The lowest BCUT2D eigenvalue weighted by atomic mass is 10.2. The van der Waals surface area contributed by atoms with Gasteiger partial charge in [-0.2, -0.15) is 0 Å². The molecule has 0 saturated heterocycles. The summed E-state index contributed by atoms with van der Waals surface area (Å²) in [4.78, 5) is 16.4. The monoisotopic (exact) mass is 357 g/mol. The minimum Gasteiger partial charge on any atom is -0.325 e. The van der Waals surface area contributed by atoms with Crippen LogP contribution in [0.3, 0.4) is 0 Å². The van der Waals surface area contributed by atoms with Gasteiger partial charge in [-0.05, 0) is 23.8 Å². The number of aromatic nitrogens is 2. The van der Waals surface area contributed by atoms with E-state index in [9.17, 15) is 4.79 Å². The number of anilines is 1. The number of carbonyl (C=O) groups excluding carboxylic acids is 1. The Hall–Kier alpha value is -2.24. The first kappa shape index (κ1) is 16.6. The predicted molar refractivity (Wildman–Crippen MR) is 98.6 cm³/mol. The molecule has 0 fully saturated rings. The Labute approximate surface area is 149 Å². The Morgan fingerprint density at radius 2 is 1.88 bits per heavy atom. The number of thioether (sulfide) groups is 1. The zero-order valence-corrected chi connectivity index (χ0v) is 14.4. The molecular formula is C18H16ClN3OS. The molecule has 0 atom stereocenters. The maximum absolute atomic E-state index is 12.0. The van der Waals surface area contributed by atoms with Crippen molar-refractivity contribution in [2.45, 2.75) is 11.7 Å². The van der Waals surface area contributed by atoms with E-state index in [1.54, 1.807) is 6.20 Å². The number of benzene rings is 2. The lowest BCUT2D eigenvalue weighted by Gasteiger charge is -2.09. The van der Waals surface area contributed by atoms with E-state index in [0.29, 0.717) is 12.3 Å². The van der Waals surface area contributed by atoms with E-state index in [-0.39, 0.29) is 5.91 Å². The van der Waals surface area contributed by atoms with Crippen LogP contribution in [0, 0.1) is 0 Å².